The molecule has 1 aliphatic carbocycles. The van der Waals surface area contributed by atoms with Gasteiger partial charge in [-0.25, -0.2) is 0 Å². The zero-order valence-electron chi connectivity index (χ0n) is 14.5. The summed E-state index contributed by atoms with van der Waals surface area (Å²) < 4.78 is 10.4. The van der Waals surface area contributed by atoms with Crippen LogP contribution in [0.1, 0.15) is 24.0 Å². The minimum Gasteiger partial charge on any atom is -0.497 e. The molecule has 1 fully saturated rings. The van der Waals surface area contributed by atoms with Crippen molar-refractivity contribution in [3.05, 3.63) is 64.7 Å². The van der Waals surface area contributed by atoms with E-state index in [1.165, 1.54) is 0 Å². The average Bonchev–Trinajstić information content (AvgIpc) is 3.47. The van der Waals surface area contributed by atoms with Gasteiger partial charge in [0.1, 0.15) is 5.75 Å². The van der Waals surface area contributed by atoms with E-state index in [9.17, 15) is 9.59 Å². The molecule has 0 radical (unpaired) electrons. The molecule has 26 heavy (non-hydrogen) atoms. The highest BCUT2D eigenvalue weighted by Crippen LogP contribution is 2.49. The third kappa shape index (κ3) is 4.17. The molecule has 0 saturated heterocycles. The molecule has 6 heteroatoms. The zero-order chi connectivity index (χ0) is 18.6. The van der Waals surface area contributed by atoms with E-state index in [1.807, 2.05) is 36.4 Å². The summed E-state index contributed by atoms with van der Waals surface area (Å²) in [6, 6.07) is 14.6. The maximum Gasteiger partial charge on any atom is 0.317 e. The van der Waals surface area contributed by atoms with Gasteiger partial charge < -0.3 is 14.8 Å². The van der Waals surface area contributed by atoms with E-state index >= 15 is 0 Å². The second-order valence-electron chi connectivity index (χ2n) is 6.29. The molecule has 2 aromatic carbocycles. The number of methoxy groups -OCH3 is 1. The summed E-state index contributed by atoms with van der Waals surface area (Å²) in [7, 11) is 1.59. The first kappa shape index (κ1) is 18.3. The Balaban J connectivity index is 1.49. The van der Waals surface area contributed by atoms with Crippen LogP contribution in [0.5, 0.6) is 5.75 Å². The monoisotopic (exact) mass is 373 g/mol. The standard InChI is InChI=1S/C20H20ClNO4/c1-25-17-4-2-3-14(11-17)12-22-18(23)13-26-19(24)20(9-10-20)15-5-7-16(21)8-6-15/h2-8,11H,9-10,12-13H2,1H3,(H,22,23). The van der Waals surface area contributed by atoms with Gasteiger partial charge in [-0.15, -0.1) is 0 Å². The Hall–Kier alpha value is -2.53. The van der Waals surface area contributed by atoms with Gasteiger partial charge in [0.05, 0.1) is 12.5 Å². The number of hydrogen-bond acceptors (Lipinski definition) is 4. The maximum absolute atomic E-state index is 12.4. The van der Waals surface area contributed by atoms with Crippen LogP contribution in [0, 0.1) is 0 Å². The maximum atomic E-state index is 12.4. The van der Waals surface area contributed by atoms with Crippen LogP contribution in [0.2, 0.25) is 5.02 Å². The van der Waals surface area contributed by atoms with Gasteiger partial charge in [-0.1, -0.05) is 35.9 Å². The van der Waals surface area contributed by atoms with Gasteiger partial charge in [0, 0.05) is 11.6 Å². The van der Waals surface area contributed by atoms with Crippen LogP contribution in [0.15, 0.2) is 48.5 Å². The lowest BCUT2D eigenvalue weighted by Gasteiger charge is -2.15. The van der Waals surface area contributed by atoms with Crippen LogP contribution in [0.4, 0.5) is 0 Å². The Labute approximate surface area is 157 Å². The third-order valence-corrected chi connectivity index (χ3v) is 4.75. The van der Waals surface area contributed by atoms with Crippen LogP contribution < -0.4 is 10.1 Å². The number of carbonyl (C=O) groups excluding carboxylic acids is 2. The topological polar surface area (TPSA) is 64.6 Å². The highest BCUT2D eigenvalue weighted by atomic mass is 35.5. The number of benzene rings is 2. The quantitative estimate of drug-likeness (QED) is 0.757. The Morgan fingerprint density at radius 3 is 2.54 bits per heavy atom. The van der Waals surface area contributed by atoms with Gasteiger partial charge in [0.25, 0.3) is 5.91 Å². The van der Waals surface area contributed by atoms with Gasteiger partial charge in [0.2, 0.25) is 0 Å². The lowest BCUT2D eigenvalue weighted by atomic mass is 9.96. The van der Waals surface area contributed by atoms with Crippen molar-refractivity contribution in [2.24, 2.45) is 0 Å². The molecule has 2 aromatic rings. The number of esters is 1. The average molecular weight is 374 g/mol. The molecule has 0 atom stereocenters. The van der Waals surface area contributed by atoms with Crippen LogP contribution in [-0.2, 0) is 26.3 Å². The third-order valence-electron chi connectivity index (χ3n) is 4.50. The van der Waals surface area contributed by atoms with E-state index in [0.29, 0.717) is 11.6 Å². The predicted molar refractivity (Wildman–Crippen MR) is 98.2 cm³/mol. The first-order valence-corrected chi connectivity index (χ1v) is 8.74. The molecule has 0 bridgehead atoms. The minimum atomic E-state index is -0.627. The highest BCUT2D eigenvalue weighted by molar-refractivity contribution is 6.30. The number of amides is 1. The van der Waals surface area contributed by atoms with E-state index in [-0.39, 0.29) is 18.5 Å². The number of hydrogen-bond donors (Lipinski definition) is 1. The van der Waals surface area contributed by atoms with Gasteiger partial charge in [-0.05, 0) is 48.2 Å². The molecule has 0 spiro atoms. The van der Waals surface area contributed by atoms with E-state index in [4.69, 9.17) is 21.1 Å². The Bertz CT molecular complexity index is 800. The highest BCUT2D eigenvalue weighted by Gasteiger charge is 2.52. The van der Waals surface area contributed by atoms with E-state index in [2.05, 4.69) is 5.32 Å². The molecular formula is C20H20ClNO4. The normalized spacial score (nSPS) is 14.4. The van der Waals surface area contributed by atoms with Crippen molar-refractivity contribution in [3.8, 4) is 5.75 Å². The molecule has 1 aliphatic rings. The number of rotatable bonds is 7. The number of carbonyl (C=O) groups is 2. The van der Waals surface area contributed by atoms with E-state index in [0.717, 1.165) is 29.7 Å². The molecule has 3 rings (SSSR count). The van der Waals surface area contributed by atoms with Crippen LogP contribution >= 0.6 is 11.6 Å². The van der Waals surface area contributed by atoms with Crippen molar-refractivity contribution in [2.45, 2.75) is 24.8 Å². The lowest BCUT2D eigenvalue weighted by molar-refractivity contribution is -0.151. The van der Waals surface area contributed by atoms with E-state index < -0.39 is 5.41 Å². The fourth-order valence-corrected chi connectivity index (χ4v) is 2.93. The smallest absolute Gasteiger partial charge is 0.317 e. The van der Waals surface area contributed by atoms with Crippen molar-refractivity contribution in [3.63, 3.8) is 0 Å². The summed E-state index contributed by atoms with van der Waals surface area (Å²) in [5.41, 5.74) is 1.16. The Kier molecular flexibility index (Phi) is 5.47. The summed E-state index contributed by atoms with van der Waals surface area (Å²) in [6.07, 6.45) is 1.44. The second-order valence-corrected chi connectivity index (χ2v) is 6.73. The summed E-state index contributed by atoms with van der Waals surface area (Å²) in [5, 5.41) is 3.36. The molecule has 1 N–H and O–H groups in total. The number of ether oxygens (including phenoxy) is 2. The largest absolute Gasteiger partial charge is 0.497 e. The molecule has 1 amide bonds. The fraction of sp³-hybridized carbons (Fsp3) is 0.300. The fourth-order valence-electron chi connectivity index (χ4n) is 2.81. The second kappa shape index (κ2) is 7.79. The molecule has 5 nitrogen and oxygen atoms in total. The first-order valence-electron chi connectivity index (χ1n) is 8.36. The molecule has 0 aliphatic heterocycles. The summed E-state index contributed by atoms with van der Waals surface area (Å²) in [4.78, 5) is 24.4. The van der Waals surface area contributed by atoms with Crippen molar-refractivity contribution in [1.82, 2.24) is 5.32 Å². The Morgan fingerprint density at radius 1 is 1.15 bits per heavy atom. The van der Waals surface area contributed by atoms with Crippen molar-refractivity contribution >= 4 is 23.5 Å². The first-order chi connectivity index (χ1) is 12.5. The molecule has 1 saturated carbocycles. The number of nitrogens with one attached hydrogen (secondary N) is 1. The molecular weight excluding hydrogens is 354 g/mol. The van der Waals surface area contributed by atoms with Gasteiger partial charge in [-0.3, -0.25) is 9.59 Å². The molecule has 0 aromatic heterocycles. The zero-order valence-corrected chi connectivity index (χ0v) is 15.2. The van der Waals surface area contributed by atoms with Crippen molar-refractivity contribution in [1.29, 1.82) is 0 Å². The van der Waals surface area contributed by atoms with Gasteiger partial charge in [-0.2, -0.15) is 0 Å². The van der Waals surface area contributed by atoms with Crippen molar-refractivity contribution in [2.75, 3.05) is 13.7 Å². The molecule has 136 valence electrons. The lowest BCUT2D eigenvalue weighted by Crippen LogP contribution is -2.31. The Morgan fingerprint density at radius 2 is 1.88 bits per heavy atom. The van der Waals surface area contributed by atoms with E-state index in [1.54, 1.807) is 19.2 Å². The SMILES string of the molecule is COc1cccc(CNC(=O)COC(=O)C2(c3ccc(Cl)cc3)CC2)c1. The summed E-state index contributed by atoms with van der Waals surface area (Å²) in [6.45, 7) is 0.0497. The van der Waals surface area contributed by atoms with Crippen LogP contribution in [-0.4, -0.2) is 25.6 Å². The van der Waals surface area contributed by atoms with Crippen LogP contribution in [0.25, 0.3) is 0 Å². The molecule has 0 unspecified atom stereocenters. The minimum absolute atomic E-state index is 0.294. The summed E-state index contributed by atoms with van der Waals surface area (Å²) in [5.74, 6) is 0.0197. The van der Waals surface area contributed by atoms with Gasteiger partial charge in [0.15, 0.2) is 6.61 Å². The molecule has 0 heterocycles. The van der Waals surface area contributed by atoms with Gasteiger partial charge >= 0.3 is 5.97 Å². The summed E-state index contributed by atoms with van der Waals surface area (Å²) >= 11 is 5.89. The van der Waals surface area contributed by atoms with Crippen molar-refractivity contribution < 1.29 is 19.1 Å². The predicted octanol–water partition coefficient (Wildman–Crippen LogP) is 3.24. The van der Waals surface area contributed by atoms with Crippen LogP contribution in [0.3, 0.4) is 0 Å². The number of halogens is 1.